The third-order valence-corrected chi connectivity index (χ3v) is 6.90. The third-order valence-electron chi connectivity index (χ3n) is 6.90. The topological polar surface area (TPSA) is 89.5 Å². The summed E-state index contributed by atoms with van der Waals surface area (Å²) in [5.74, 6) is 2.01. The number of aromatic nitrogens is 3. The second kappa shape index (κ2) is 12.7. The van der Waals surface area contributed by atoms with Crippen LogP contribution in [0, 0.1) is 0 Å². The fourth-order valence-electron chi connectivity index (χ4n) is 4.68. The van der Waals surface area contributed by atoms with E-state index in [-0.39, 0.29) is 5.91 Å². The predicted octanol–water partition coefficient (Wildman–Crippen LogP) is 3.67. The molecule has 1 aromatic carbocycles. The zero-order valence-electron chi connectivity index (χ0n) is 21.3. The Morgan fingerprint density at radius 1 is 0.829 bits per heavy atom. The highest BCUT2D eigenvalue weighted by Crippen LogP contribution is 2.24. The number of nitrogens with zero attached hydrogens (tertiary/aromatic N) is 6. The lowest BCUT2D eigenvalue weighted by Gasteiger charge is -2.30. The maximum Gasteiger partial charge on any atom is 0.251 e. The summed E-state index contributed by atoms with van der Waals surface area (Å²) in [6.07, 6.45) is 7.22. The molecule has 2 N–H and O–H groups in total. The molecule has 0 atom stereocenters. The molecule has 9 heteroatoms. The van der Waals surface area contributed by atoms with Gasteiger partial charge >= 0.3 is 0 Å². The van der Waals surface area contributed by atoms with Crippen molar-refractivity contribution in [3.05, 3.63) is 29.8 Å². The number of hydrogen-bond donors (Lipinski definition) is 2. The average Bonchev–Trinajstić information content (AvgIpc) is 2.92. The van der Waals surface area contributed by atoms with Gasteiger partial charge in [0.25, 0.3) is 5.91 Å². The van der Waals surface area contributed by atoms with E-state index in [1.54, 1.807) is 0 Å². The van der Waals surface area contributed by atoms with E-state index >= 15 is 0 Å². The van der Waals surface area contributed by atoms with Gasteiger partial charge in [0.05, 0.1) is 0 Å². The molecule has 1 amide bonds. The summed E-state index contributed by atoms with van der Waals surface area (Å²) in [5, 5.41) is 6.36. The average molecular weight is 481 g/mol. The molecule has 35 heavy (non-hydrogen) atoms. The van der Waals surface area contributed by atoms with E-state index in [0.717, 1.165) is 63.4 Å². The first kappa shape index (κ1) is 25.2. The minimum Gasteiger partial charge on any atom is -0.351 e. The Hall–Kier alpha value is -2.94. The molecular formula is C26H40N8O. The van der Waals surface area contributed by atoms with Crippen LogP contribution in [0.1, 0.15) is 62.7 Å². The van der Waals surface area contributed by atoms with Crippen LogP contribution < -0.4 is 20.4 Å². The van der Waals surface area contributed by atoms with Crippen LogP contribution in [0.4, 0.5) is 23.5 Å². The Kier molecular flexibility index (Phi) is 9.11. The summed E-state index contributed by atoms with van der Waals surface area (Å²) in [4.78, 5) is 33.7. The van der Waals surface area contributed by atoms with Crippen molar-refractivity contribution in [2.24, 2.45) is 0 Å². The van der Waals surface area contributed by atoms with Gasteiger partial charge in [0.15, 0.2) is 0 Å². The van der Waals surface area contributed by atoms with E-state index in [2.05, 4.69) is 39.2 Å². The van der Waals surface area contributed by atoms with Crippen molar-refractivity contribution >= 4 is 29.4 Å². The Morgan fingerprint density at radius 2 is 1.37 bits per heavy atom. The molecule has 0 bridgehead atoms. The largest absolute Gasteiger partial charge is 0.351 e. The van der Waals surface area contributed by atoms with Gasteiger partial charge in [-0.15, -0.1) is 0 Å². The summed E-state index contributed by atoms with van der Waals surface area (Å²) in [6.45, 7) is 11.7. The van der Waals surface area contributed by atoms with Crippen LogP contribution in [0.3, 0.4) is 0 Å². The van der Waals surface area contributed by atoms with E-state index < -0.39 is 0 Å². The summed E-state index contributed by atoms with van der Waals surface area (Å²) >= 11 is 0. The molecule has 0 unspecified atom stereocenters. The van der Waals surface area contributed by atoms with E-state index in [1.807, 2.05) is 24.3 Å². The molecule has 2 aliphatic rings. The zero-order valence-corrected chi connectivity index (χ0v) is 21.3. The van der Waals surface area contributed by atoms with Crippen molar-refractivity contribution < 1.29 is 4.79 Å². The van der Waals surface area contributed by atoms with E-state index in [1.165, 1.54) is 38.5 Å². The minimum absolute atomic E-state index is 0.0522. The molecule has 190 valence electrons. The molecule has 1 aromatic heterocycles. The van der Waals surface area contributed by atoms with Crippen LogP contribution in [0.15, 0.2) is 24.3 Å². The van der Waals surface area contributed by atoms with Crippen molar-refractivity contribution in [1.82, 2.24) is 25.2 Å². The molecule has 3 heterocycles. The van der Waals surface area contributed by atoms with Crippen molar-refractivity contribution in [1.29, 1.82) is 0 Å². The van der Waals surface area contributed by atoms with Crippen molar-refractivity contribution in [2.45, 2.75) is 52.4 Å². The lowest BCUT2D eigenvalue weighted by Crippen LogP contribution is -2.34. The Bertz CT molecular complexity index is 899. The summed E-state index contributed by atoms with van der Waals surface area (Å²) in [5.41, 5.74) is 1.50. The monoisotopic (exact) mass is 480 g/mol. The minimum atomic E-state index is -0.0522. The number of nitrogens with one attached hydrogen (secondary N) is 2. The first-order valence-corrected chi connectivity index (χ1v) is 13.3. The second-order valence-corrected chi connectivity index (χ2v) is 9.34. The number of carbonyl (C=O) groups is 1. The Balaban J connectivity index is 1.44. The van der Waals surface area contributed by atoms with Crippen LogP contribution in [0.5, 0.6) is 0 Å². The normalized spacial score (nSPS) is 16.4. The zero-order chi connectivity index (χ0) is 24.5. The standard InChI is InChI=1S/C26H40N8O/c1-3-32(4-2)20-15-27-23(35)21-11-13-22(14-12-21)28-24-29-25(33-16-7-5-8-17-33)31-26(30-24)34-18-9-6-10-19-34/h11-14H,3-10,15-20H2,1-2H3,(H,27,35)(H,28,29,30,31). The Morgan fingerprint density at radius 3 is 1.89 bits per heavy atom. The fourth-order valence-corrected chi connectivity index (χ4v) is 4.68. The molecule has 2 saturated heterocycles. The number of likely N-dealkylation sites (N-methyl/N-ethyl adjacent to an activating group) is 1. The van der Waals surface area contributed by atoms with Crippen molar-refractivity contribution in [3.8, 4) is 0 Å². The molecule has 0 saturated carbocycles. The van der Waals surface area contributed by atoms with Gasteiger partial charge in [-0.1, -0.05) is 13.8 Å². The van der Waals surface area contributed by atoms with Crippen LogP contribution >= 0.6 is 0 Å². The van der Waals surface area contributed by atoms with Gasteiger partial charge in [-0.05, 0) is 75.9 Å². The van der Waals surface area contributed by atoms with Gasteiger partial charge in [0.1, 0.15) is 0 Å². The number of benzene rings is 1. The first-order chi connectivity index (χ1) is 17.2. The van der Waals surface area contributed by atoms with Gasteiger partial charge < -0.3 is 25.3 Å². The number of amides is 1. The first-order valence-electron chi connectivity index (χ1n) is 13.3. The molecule has 9 nitrogen and oxygen atoms in total. The van der Waals surface area contributed by atoms with Gasteiger partial charge in [0.2, 0.25) is 17.8 Å². The molecule has 0 radical (unpaired) electrons. The SMILES string of the molecule is CCN(CC)CCNC(=O)c1ccc(Nc2nc(N3CCCCC3)nc(N3CCCCC3)n2)cc1. The second-order valence-electron chi connectivity index (χ2n) is 9.34. The molecule has 4 rings (SSSR count). The number of carbonyl (C=O) groups excluding carboxylic acids is 1. The molecule has 0 aliphatic carbocycles. The highest BCUT2D eigenvalue weighted by atomic mass is 16.1. The highest BCUT2D eigenvalue weighted by molar-refractivity contribution is 5.94. The number of rotatable bonds is 10. The summed E-state index contributed by atoms with van der Waals surface area (Å²) < 4.78 is 0. The van der Waals surface area contributed by atoms with E-state index in [0.29, 0.717) is 18.1 Å². The van der Waals surface area contributed by atoms with Crippen LogP contribution in [0.2, 0.25) is 0 Å². The van der Waals surface area contributed by atoms with Crippen LogP contribution in [-0.4, -0.2) is 78.1 Å². The predicted molar refractivity (Wildman–Crippen MR) is 142 cm³/mol. The fraction of sp³-hybridized carbons (Fsp3) is 0.615. The number of anilines is 4. The number of piperidine rings is 2. The highest BCUT2D eigenvalue weighted by Gasteiger charge is 2.20. The molecule has 2 aliphatic heterocycles. The van der Waals surface area contributed by atoms with Crippen molar-refractivity contribution in [2.75, 3.05) is 67.5 Å². The summed E-state index contributed by atoms with van der Waals surface area (Å²) in [7, 11) is 0. The van der Waals surface area contributed by atoms with E-state index in [4.69, 9.17) is 15.0 Å². The quantitative estimate of drug-likeness (QED) is 0.533. The van der Waals surface area contributed by atoms with Crippen LogP contribution in [-0.2, 0) is 0 Å². The third kappa shape index (κ3) is 7.04. The smallest absolute Gasteiger partial charge is 0.251 e. The van der Waals surface area contributed by atoms with E-state index in [9.17, 15) is 4.79 Å². The van der Waals surface area contributed by atoms with Gasteiger partial charge in [-0.3, -0.25) is 4.79 Å². The Labute approximate surface area is 209 Å². The number of hydrogen-bond acceptors (Lipinski definition) is 8. The van der Waals surface area contributed by atoms with Gasteiger partial charge in [-0.25, -0.2) is 0 Å². The lowest BCUT2D eigenvalue weighted by atomic mass is 10.1. The van der Waals surface area contributed by atoms with Crippen molar-refractivity contribution in [3.63, 3.8) is 0 Å². The van der Waals surface area contributed by atoms with Crippen LogP contribution in [0.25, 0.3) is 0 Å². The maximum absolute atomic E-state index is 12.5. The molecule has 2 aromatic rings. The molecule has 2 fully saturated rings. The molecular weight excluding hydrogens is 440 g/mol. The molecule has 0 spiro atoms. The van der Waals surface area contributed by atoms with Gasteiger partial charge in [0, 0.05) is 50.5 Å². The lowest BCUT2D eigenvalue weighted by molar-refractivity contribution is 0.0949. The summed E-state index contributed by atoms with van der Waals surface area (Å²) in [6, 6.07) is 7.50. The van der Waals surface area contributed by atoms with Gasteiger partial charge in [-0.2, -0.15) is 15.0 Å². The maximum atomic E-state index is 12.5.